The molecule has 40 heavy (non-hydrogen) atoms. The van der Waals surface area contributed by atoms with Crippen LogP contribution in [0.5, 0.6) is 0 Å². The molecule has 4 N–H and O–H groups in total. The SMILES string of the molecule is Cc1c(-c2cc(Nc3ccc(N4CC(C)(O)C4)cn3)c(=O)[nH]n2)ccc(F)c1NC(=O)c1cc2ccccc2s1. The van der Waals surface area contributed by atoms with E-state index in [2.05, 4.69) is 25.8 Å². The first kappa shape index (κ1) is 25.7. The molecule has 1 saturated heterocycles. The number of aliphatic hydroxyl groups is 1. The second-order valence-electron chi connectivity index (χ2n) is 10.1. The molecule has 4 heterocycles. The summed E-state index contributed by atoms with van der Waals surface area (Å²) in [4.78, 5) is 32.4. The maximum atomic E-state index is 14.9. The summed E-state index contributed by atoms with van der Waals surface area (Å²) in [5.74, 6) is -0.536. The fourth-order valence-electron chi connectivity index (χ4n) is 4.76. The molecule has 5 aromatic rings. The predicted octanol–water partition coefficient (Wildman–Crippen LogP) is 5.06. The topological polar surface area (TPSA) is 123 Å². The summed E-state index contributed by atoms with van der Waals surface area (Å²) < 4.78 is 15.9. The van der Waals surface area contributed by atoms with E-state index in [4.69, 9.17) is 0 Å². The number of H-pyrrole nitrogens is 1. The van der Waals surface area contributed by atoms with Gasteiger partial charge in [0, 0.05) is 23.4 Å². The normalized spacial score (nSPS) is 14.2. The van der Waals surface area contributed by atoms with E-state index in [1.54, 1.807) is 44.3 Å². The van der Waals surface area contributed by atoms with E-state index in [1.165, 1.54) is 17.4 Å². The van der Waals surface area contributed by atoms with Crippen LogP contribution in [0.4, 0.5) is 27.3 Å². The molecule has 202 valence electrons. The van der Waals surface area contributed by atoms with Crippen LogP contribution in [0.25, 0.3) is 21.3 Å². The molecule has 1 aliphatic heterocycles. The maximum Gasteiger partial charge on any atom is 0.287 e. The highest BCUT2D eigenvalue weighted by atomic mass is 32.1. The van der Waals surface area contributed by atoms with Crippen LogP contribution in [0, 0.1) is 12.7 Å². The molecule has 3 aromatic heterocycles. The first-order chi connectivity index (χ1) is 19.2. The molecule has 0 aliphatic carbocycles. The van der Waals surface area contributed by atoms with Crippen LogP contribution in [0.2, 0.25) is 0 Å². The van der Waals surface area contributed by atoms with Crippen molar-refractivity contribution in [1.29, 1.82) is 0 Å². The number of fused-ring (bicyclic) bond motifs is 1. The molecular formula is C29H25FN6O3S. The van der Waals surface area contributed by atoms with Crippen molar-refractivity contribution in [3.05, 3.63) is 93.5 Å². The average Bonchev–Trinajstić information content (AvgIpc) is 3.36. The van der Waals surface area contributed by atoms with Gasteiger partial charge in [0.2, 0.25) is 0 Å². The van der Waals surface area contributed by atoms with Gasteiger partial charge in [-0.1, -0.05) is 18.2 Å². The maximum absolute atomic E-state index is 14.9. The molecule has 0 bridgehead atoms. The molecule has 0 unspecified atom stereocenters. The Morgan fingerprint density at radius 1 is 1.15 bits per heavy atom. The van der Waals surface area contributed by atoms with E-state index in [-0.39, 0.29) is 11.4 Å². The van der Waals surface area contributed by atoms with Gasteiger partial charge in [-0.3, -0.25) is 9.59 Å². The molecule has 0 radical (unpaired) electrons. The zero-order chi connectivity index (χ0) is 28.0. The molecule has 0 saturated carbocycles. The molecule has 11 heteroatoms. The highest BCUT2D eigenvalue weighted by Crippen LogP contribution is 2.32. The number of thiophene rings is 1. The third kappa shape index (κ3) is 4.92. The molecule has 1 aliphatic rings. The number of carbonyl (C=O) groups excluding carboxylic acids is 1. The Morgan fingerprint density at radius 3 is 2.67 bits per heavy atom. The minimum atomic E-state index is -0.697. The third-order valence-electron chi connectivity index (χ3n) is 6.82. The number of benzene rings is 2. The van der Waals surface area contributed by atoms with Crippen molar-refractivity contribution in [2.75, 3.05) is 28.6 Å². The van der Waals surface area contributed by atoms with Crippen LogP contribution >= 0.6 is 11.3 Å². The number of carbonyl (C=O) groups is 1. The first-order valence-corrected chi connectivity index (χ1v) is 13.4. The number of rotatable bonds is 6. The van der Waals surface area contributed by atoms with E-state index in [0.29, 0.717) is 40.6 Å². The second kappa shape index (κ2) is 9.85. The number of nitrogens with zero attached hydrogens (tertiary/aromatic N) is 3. The number of amides is 1. The van der Waals surface area contributed by atoms with Crippen LogP contribution in [0.3, 0.4) is 0 Å². The molecule has 1 fully saturated rings. The van der Waals surface area contributed by atoms with Gasteiger partial charge in [0.1, 0.15) is 17.3 Å². The third-order valence-corrected chi connectivity index (χ3v) is 7.94. The molecule has 6 rings (SSSR count). The van der Waals surface area contributed by atoms with Gasteiger partial charge in [-0.2, -0.15) is 5.10 Å². The quantitative estimate of drug-likeness (QED) is 0.231. The number of anilines is 4. The number of hydrogen-bond acceptors (Lipinski definition) is 8. The van der Waals surface area contributed by atoms with Gasteiger partial charge in [-0.25, -0.2) is 14.5 Å². The Morgan fingerprint density at radius 2 is 1.95 bits per heavy atom. The van der Waals surface area contributed by atoms with Crippen molar-refractivity contribution >= 4 is 50.2 Å². The Labute approximate surface area is 232 Å². The summed E-state index contributed by atoms with van der Waals surface area (Å²) in [5, 5.41) is 23.3. The Hall–Kier alpha value is -4.61. The fourth-order valence-corrected chi connectivity index (χ4v) is 5.72. The summed E-state index contributed by atoms with van der Waals surface area (Å²) in [5.41, 5.74) is 1.36. The largest absolute Gasteiger partial charge is 0.386 e. The van der Waals surface area contributed by atoms with Gasteiger partial charge in [0.05, 0.1) is 33.7 Å². The van der Waals surface area contributed by atoms with E-state index in [0.717, 1.165) is 15.8 Å². The fraction of sp³-hybridized carbons (Fsp3) is 0.172. The van der Waals surface area contributed by atoms with Crippen LogP contribution in [0.1, 0.15) is 22.2 Å². The van der Waals surface area contributed by atoms with Gasteiger partial charge in [-0.15, -0.1) is 11.3 Å². The lowest BCUT2D eigenvalue weighted by atomic mass is 9.96. The van der Waals surface area contributed by atoms with E-state index < -0.39 is 22.9 Å². The Balaban J connectivity index is 1.24. The number of pyridine rings is 1. The zero-order valence-corrected chi connectivity index (χ0v) is 22.5. The van der Waals surface area contributed by atoms with Crippen LogP contribution in [0.15, 0.2) is 71.7 Å². The number of aromatic amines is 1. The van der Waals surface area contributed by atoms with E-state index in [9.17, 15) is 19.1 Å². The van der Waals surface area contributed by atoms with Crippen LogP contribution in [-0.2, 0) is 0 Å². The standard InChI is InChI=1S/C29H25FN6O3S/c1-16-19(8-9-20(30)26(16)33-28(38)24-11-17-5-3-4-6-23(17)40-24)21-12-22(27(37)35-34-21)32-25-10-7-18(13-31-25)36-14-29(2,39)15-36/h3-13,39H,14-15H2,1-2H3,(H,33,38)(H,35,37)(H,31,32,34). The first-order valence-electron chi connectivity index (χ1n) is 12.6. The van der Waals surface area contributed by atoms with Crippen molar-refractivity contribution in [2.45, 2.75) is 19.4 Å². The van der Waals surface area contributed by atoms with Crippen molar-refractivity contribution in [3.63, 3.8) is 0 Å². The van der Waals surface area contributed by atoms with Gasteiger partial charge in [-0.05, 0) is 67.3 Å². The van der Waals surface area contributed by atoms with Gasteiger partial charge in [0.25, 0.3) is 11.5 Å². The molecule has 2 aromatic carbocycles. The second-order valence-corrected chi connectivity index (χ2v) is 11.2. The number of nitrogens with one attached hydrogen (secondary N) is 3. The Kier molecular flexibility index (Phi) is 6.32. The van der Waals surface area contributed by atoms with Gasteiger partial charge < -0.3 is 20.6 Å². The lowest BCUT2D eigenvalue weighted by molar-refractivity contribution is 0.0310. The number of β-amino-alcohol motifs (C(OH)–C–C–N with tert-alkyl or cyclic N) is 1. The average molecular weight is 557 g/mol. The van der Waals surface area contributed by atoms with E-state index in [1.807, 2.05) is 35.2 Å². The monoisotopic (exact) mass is 556 g/mol. The molecule has 9 nitrogen and oxygen atoms in total. The highest BCUT2D eigenvalue weighted by Gasteiger charge is 2.36. The highest BCUT2D eigenvalue weighted by molar-refractivity contribution is 7.20. The van der Waals surface area contributed by atoms with Gasteiger partial charge in [0.15, 0.2) is 0 Å². The van der Waals surface area contributed by atoms with Crippen molar-refractivity contribution in [3.8, 4) is 11.3 Å². The van der Waals surface area contributed by atoms with Crippen molar-refractivity contribution in [2.24, 2.45) is 0 Å². The lowest BCUT2D eigenvalue weighted by Gasteiger charge is -2.45. The van der Waals surface area contributed by atoms with Crippen LogP contribution < -0.4 is 21.1 Å². The smallest absolute Gasteiger partial charge is 0.287 e. The molecule has 1 amide bonds. The molecule has 0 atom stereocenters. The summed E-state index contributed by atoms with van der Waals surface area (Å²) in [6.07, 6.45) is 1.67. The van der Waals surface area contributed by atoms with Crippen molar-refractivity contribution in [1.82, 2.24) is 15.2 Å². The number of aromatic nitrogens is 3. The van der Waals surface area contributed by atoms with Crippen LogP contribution in [-0.4, -0.2) is 44.9 Å². The van der Waals surface area contributed by atoms with E-state index >= 15 is 0 Å². The zero-order valence-electron chi connectivity index (χ0n) is 21.7. The number of hydrogen-bond donors (Lipinski definition) is 4. The summed E-state index contributed by atoms with van der Waals surface area (Å²) in [6.45, 7) is 4.52. The van der Waals surface area contributed by atoms with Gasteiger partial charge >= 0.3 is 0 Å². The summed E-state index contributed by atoms with van der Waals surface area (Å²) in [6, 6.07) is 17.4. The summed E-state index contributed by atoms with van der Waals surface area (Å²) in [7, 11) is 0. The minimum Gasteiger partial charge on any atom is -0.386 e. The lowest BCUT2D eigenvalue weighted by Crippen LogP contribution is -2.60. The molecule has 0 spiro atoms. The minimum absolute atomic E-state index is 0.0460. The number of halogens is 1. The molecular weight excluding hydrogens is 531 g/mol. The summed E-state index contributed by atoms with van der Waals surface area (Å²) >= 11 is 1.33. The van der Waals surface area contributed by atoms with Crippen molar-refractivity contribution < 1.29 is 14.3 Å². The predicted molar refractivity (Wildman–Crippen MR) is 155 cm³/mol. The Bertz CT molecular complexity index is 1770.